The summed E-state index contributed by atoms with van der Waals surface area (Å²) in [6, 6.07) is 14.1. The van der Waals surface area contributed by atoms with Crippen LogP contribution in [0.2, 0.25) is 0 Å². The summed E-state index contributed by atoms with van der Waals surface area (Å²) in [5, 5.41) is 22.5. The number of aromatic carboxylic acids is 1. The number of rotatable bonds is 9. The van der Waals surface area contributed by atoms with E-state index in [4.69, 9.17) is 19.0 Å². The highest BCUT2D eigenvalue weighted by Gasteiger charge is 2.12. The summed E-state index contributed by atoms with van der Waals surface area (Å²) in [6.45, 7) is 2.24. The van der Waals surface area contributed by atoms with E-state index in [9.17, 15) is 14.7 Å². The van der Waals surface area contributed by atoms with E-state index in [1.54, 1.807) is 30.3 Å². The number of ether oxygens (including phenoxy) is 2. The first-order valence-electron chi connectivity index (χ1n) is 9.31. The molecule has 1 heterocycles. The van der Waals surface area contributed by atoms with Crippen molar-refractivity contribution in [1.82, 2.24) is 5.43 Å². The fraction of sp³-hybridized carbons (Fsp3) is 0.136. The summed E-state index contributed by atoms with van der Waals surface area (Å²) in [6.07, 6.45) is 1.43. The van der Waals surface area contributed by atoms with Crippen LogP contribution in [0.4, 0.5) is 0 Å². The molecule has 1 aromatic heterocycles. The molecule has 0 fully saturated rings. The van der Waals surface area contributed by atoms with E-state index in [2.05, 4.69) is 10.5 Å². The molecule has 0 aliphatic rings. The highest BCUT2D eigenvalue weighted by Crippen LogP contribution is 2.29. The van der Waals surface area contributed by atoms with Crippen molar-refractivity contribution in [3.63, 3.8) is 0 Å². The van der Waals surface area contributed by atoms with Crippen molar-refractivity contribution in [3.05, 3.63) is 77.2 Å². The number of hydrazone groups is 1. The lowest BCUT2D eigenvalue weighted by Gasteiger charge is -2.11. The average Bonchev–Trinajstić information content (AvgIpc) is 3.23. The molecule has 0 radical (unpaired) electrons. The number of phenolic OH excluding ortho intramolecular Hbond substituents is 1. The van der Waals surface area contributed by atoms with Crippen molar-refractivity contribution < 1.29 is 33.7 Å². The molecule has 0 atom stereocenters. The molecule has 0 unspecified atom stereocenters. The zero-order chi connectivity index (χ0) is 22.2. The second-order valence-electron chi connectivity index (χ2n) is 6.22. The monoisotopic (exact) mass is 424 g/mol. The number of para-hydroxylation sites is 1. The number of hydrogen-bond acceptors (Lipinski definition) is 7. The van der Waals surface area contributed by atoms with Crippen LogP contribution < -0.4 is 14.9 Å². The number of aromatic hydroxyl groups is 1. The maximum absolute atomic E-state index is 12.1. The molecule has 0 spiro atoms. The Kier molecular flexibility index (Phi) is 6.89. The van der Waals surface area contributed by atoms with Gasteiger partial charge in [-0.3, -0.25) is 4.79 Å². The number of amides is 1. The highest BCUT2D eigenvalue weighted by atomic mass is 16.5. The summed E-state index contributed by atoms with van der Waals surface area (Å²) < 4.78 is 16.4. The Morgan fingerprint density at radius 2 is 1.90 bits per heavy atom. The first kappa shape index (κ1) is 21.4. The number of carbonyl (C=O) groups is 2. The quantitative estimate of drug-likeness (QED) is 0.354. The molecule has 31 heavy (non-hydrogen) atoms. The summed E-state index contributed by atoms with van der Waals surface area (Å²) >= 11 is 0. The molecule has 160 valence electrons. The molecule has 2 aromatic carbocycles. The van der Waals surface area contributed by atoms with Crippen LogP contribution in [0.15, 0.2) is 64.1 Å². The third-order valence-electron chi connectivity index (χ3n) is 4.04. The Balaban J connectivity index is 1.66. The van der Waals surface area contributed by atoms with Crippen LogP contribution in [0.25, 0.3) is 0 Å². The number of hydrogen-bond donors (Lipinski definition) is 3. The van der Waals surface area contributed by atoms with Crippen LogP contribution >= 0.6 is 0 Å². The molecule has 3 N–H and O–H groups in total. The number of benzene rings is 2. The van der Waals surface area contributed by atoms with E-state index in [0.29, 0.717) is 29.4 Å². The number of nitrogens with one attached hydrogen (secondary N) is 1. The minimum absolute atomic E-state index is 0.0252. The Bertz CT molecular complexity index is 1100. The average molecular weight is 424 g/mol. The van der Waals surface area contributed by atoms with Gasteiger partial charge in [0.1, 0.15) is 18.1 Å². The fourth-order valence-electron chi connectivity index (χ4n) is 2.60. The van der Waals surface area contributed by atoms with Gasteiger partial charge in [0, 0.05) is 0 Å². The minimum atomic E-state index is -1.15. The van der Waals surface area contributed by atoms with Gasteiger partial charge in [-0.05, 0) is 55.0 Å². The first-order valence-corrected chi connectivity index (χ1v) is 9.31. The fourth-order valence-corrected chi connectivity index (χ4v) is 2.60. The summed E-state index contributed by atoms with van der Waals surface area (Å²) in [5.74, 6) is -0.757. The van der Waals surface area contributed by atoms with Crippen LogP contribution in [-0.2, 0) is 6.61 Å². The highest BCUT2D eigenvalue weighted by molar-refractivity contribution is 5.97. The number of carboxylic acids is 1. The van der Waals surface area contributed by atoms with E-state index in [1.165, 1.54) is 30.5 Å². The first-order chi connectivity index (χ1) is 15.0. The smallest absolute Gasteiger partial charge is 0.371 e. The van der Waals surface area contributed by atoms with Crippen molar-refractivity contribution in [3.8, 4) is 17.2 Å². The molecule has 3 aromatic rings. The molecular formula is C22H20N2O7. The zero-order valence-corrected chi connectivity index (χ0v) is 16.6. The van der Waals surface area contributed by atoms with Gasteiger partial charge in [0.2, 0.25) is 5.76 Å². The van der Waals surface area contributed by atoms with Gasteiger partial charge >= 0.3 is 5.97 Å². The van der Waals surface area contributed by atoms with Gasteiger partial charge in [0.05, 0.1) is 18.4 Å². The Morgan fingerprint density at radius 1 is 1.10 bits per heavy atom. The van der Waals surface area contributed by atoms with E-state index in [-0.39, 0.29) is 23.7 Å². The Hall–Kier alpha value is -4.27. The predicted molar refractivity (Wildman–Crippen MR) is 111 cm³/mol. The van der Waals surface area contributed by atoms with Gasteiger partial charge in [-0.1, -0.05) is 12.1 Å². The van der Waals surface area contributed by atoms with Crippen LogP contribution in [0.3, 0.4) is 0 Å². The van der Waals surface area contributed by atoms with Crippen LogP contribution in [0.1, 0.15) is 39.2 Å². The van der Waals surface area contributed by atoms with Gasteiger partial charge in [-0.2, -0.15) is 5.10 Å². The van der Waals surface area contributed by atoms with Crippen molar-refractivity contribution in [2.24, 2.45) is 5.10 Å². The van der Waals surface area contributed by atoms with Gasteiger partial charge in [-0.25, -0.2) is 10.2 Å². The third-order valence-corrected chi connectivity index (χ3v) is 4.04. The molecule has 0 aliphatic heterocycles. The van der Waals surface area contributed by atoms with Crippen LogP contribution in [0, 0.1) is 0 Å². The number of carbonyl (C=O) groups excluding carboxylic acids is 1. The van der Waals surface area contributed by atoms with E-state index in [0.717, 1.165) is 0 Å². The second-order valence-corrected chi connectivity index (χ2v) is 6.22. The predicted octanol–water partition coefficient (Wildman–Crippen LogP) is 3.43. The molecule has 0 aliphatic carbocycles. The normalized spacial score (nSPS) is 10.7. The van der Waals surface area contributed by atoms with Crippen molar-refractivity contribution in [2.75, 3.05) is 6.61 Å². The summed E-state index contributed by atoms with van der Waals surface area (Å²) in [5.41, 5.74) is 3.10. The standard InChI is InChI=1S/C22H20N2O7/c1-2-29-20-11-14(12-23-24-21(26)16-5-3-4-6-17(16)25)7-9-18(20)30-13-15-8-10-19(31-15)22(27)28/h3-12,25H,2,13H2,1H3,(H,24,26)(H,27,28). The lowest BCUT2D eigenvalue weighted by molar-refractivity contribution is 0.0657. The number of carboxylic acid groups (broad SMARTS) is 1. The zero-order valence-electron chi connectivity index (χ0n) is 16.6. The molecule has 9 nitrogen and oxygen atoms in total. The molecular weight excluding hydrogens is 404 g/mol. The van der Waals surface area contributed by atoms with Crippen molar-refractivity contribution >= 4 is 18.1 Å². The minimum Gasteiger partial charge on any atom is -0.507 e. The van der Waals surface area contributed by atoms with E-state index < -0.39 is 11.9 Å². The van der Waals surface area contributed by atoms with E-state index in [1.807, 2.05) is 6.92 Å². The van der Waals surface area contributed by atoms with Gasteiger partial charge < -0.3 is 24.1 Å². The van der Waals surface area contributed by atoms with Gasteiger partial charge in [0.15, 0.2) is 11.5 Å². The molecule has 0 saturated carbocycles. The maximum atomic E-state index is 12.1. The second kappa shape index (κ2) is 9.97. The SMILES string of the molecule is CCOc1cc(C=NNC(=O)c2ccccc2O)ccc1OCc1ccc(C(=O)O)o1. The maximum Gasteiger partial charge on any atom is 0.371 e. The molecule has 3 rings (SSSR count). The summed E-state index contributed by atoms with van der Waals surface area (Å²) in [4.78, 5) is 23.0. The lowest BCUT2D eigenvalue weighted by atomic mass is 10.2. The van der Waals surface area contributed by atoms with Crippen molar-refractivity contribution in [2.45, 2.75) is 13.5 Å². The van der Waals surface area contributed by atoms with Crippen LogP contribution in [0.5, 0.6) is 17.2 Å². The molecule has 9 heteroatoms. The largest absolute Gasteiger partial charge is 0.507 e. The lowest BCUT2D eigenvalue weighted by Crippen LogP contribution is -2.17. The summed E-state index contributed by atoms with van der Waals surface area (Å²) in [7, 11) is 0. The van der Waals surface area contributed by atoms with Crippen molar-refractivity contribution in [1.29, 1.82) is 0 Å². The number of nitrogens with zero attached hydrogens (tertiary/aromatic N) is 1. The third kappa shape index (κ3) is 5.63. The molecule has 0 bridgehead atoms. The molecule has 1 amide bonds. The Morgan fingerprint density at radius 3 is 2.61 bits per heavy atom. The number of phenols is 1. The van der Waals surface area contributed by atoms with E-state index >= 15 is 0 Å². The topological polar surface area (TPSA) is 131 Å². The van der Waals surface area contributed by atoms with Gasteiger partial charge in [-0.15, -0.1) is 0 Å². The van der Waals surface area contributed by atoms with Crippen LogP contribution in [-0.4, -0.2) is 34.9 Å². The van der Waals surface area contributed by atoms with Gasteiger partial charge in [0.25, 0.3) is 5.91 Å². The molecule has 0 saturated heterocycles. The number of furan rings is 1. The Labute approximate surface area is 177 Å².